The fourth-order valence-electron chi connectivity index (χ4n) is 16.8. The van der Waals surface area contributed by atoms with Crippen LogP contribution in [0.4, 0.5) is 14.4 Å². The van der Waals surface area contributed by atoms with Crippen LogP contribution in [-0.2, 0) is 41.6 Å². The van der Waals surface area contributed by atoms with Gasteiger partial charge in [-0.2, -0.15) is 8.42 Å². The molecule has 3 fully saturated rings. The number of fused-ring (bicyclic) bond motifs is 6. The van der Waals surface area contributed by atoms with Gasteiger partial charge >= 0.3 is 18.3 Å². The second-order valence-corrected chi connectivity index (χ2v) is 36.8. The minimum Gasteiger partial charge on any atom is -0.444 e. The average Bonchev–Trinajstić information content (AvgIpc) is 1.40. The van der Waals surface area contributed by atoms with Crippen molar-refractivity contribution < 1.29 is 41.2 Å². The van der Waals surface area contributed by atoms with E-state index in [9.17, 15) is 22.8 Å². The van der Waals surface area contributed by atoms with Crippen molar-refractivity contribution in [1.82, 2.24) is 48.8 Å². The Morgan fingerprint density at radius 2 is 0.832 bits per heavy atom. The molecule has 113 heavy (non-hydrogen) atoms. The highest BCUT2D eigenvalue weighted by atomic mass is 35.5. The predicted molar refractivity (Wildman–Crippen MR) is 450 cm³/mol. The third-order valence-corrected chi connectivity index (χ3v) is 23.1. The van der Waals surface area contributed by atoms with Crippen molar-refractivity contribution in [2.45, 2.75) is 201 Å². The summed E-state index contributed by atoms with van der Waals surface area (Å²) in [6.07, 6.45) is 30.9. The Morgan fingerprint density at radius 1 is 0.478 bits per heavy atom. The highest BCUT2D eigenvalue weighted by Gasteiger charge is 2.41. The maximum atomic E-state index is 12.7. The molecule has 6 aliphatic rings. The van der Waals surface area contributed by atoms with E-state index in [0.717, 1.165) is 133 Å². The van der Waals surface area contributed by atoms with Gasteiger partial charge in [0, 0.05) is 122 Å². The molecule has 3 aliphatic carbocycles. The Bertz CT molecular complexity index is 4910. The summed E-state index contributed by atoms with van der Waals surface area (Å²) in [4.78, 5) is 67.0. The van der Waals surface area contributed by atoms with Gasteiger partial charge in [0.1, 0.15) is 16.8 Å². The van der Waals surface area contributed by atoms with Gasteiger partial charge in [-0.25, -0.2) is 24.4 Å². The number of carbonyl (C=O) groups excluding carboxylic acids is 3. The van der Waals surface area contributed by atoms with Crippen molar-refractivity contribution in [2.24, 2.45) is 17.8 Å². The van der Waals surface area contributed by atoms with Crippen LogP contribution in [0.3, 0.4) is 0 Å². The molecule has 3 atom stereocenters. The molecule has 3 amide bonds. The molecule has 8 heterocycles. The first-order valence-corrected chi connectivity index (χ1v) is 42.8. The third-order valence-electron chi connectivity index (χ3n) is 21.8. The Balaban J connectivity index is 0.000000157. The molecule has 23 heteroatoms. The lowest BCUT2D eigenvalue weighted by atomic mass is 9.76. The first kappa shape index (κ1) is 83.8. The van der Waals surface area contributed by atoms with Crippen LogP contribution in [0.2, 0.25) is 15.1 Å². The van der Waals surface area contributed by atoms with E-state index in [0.29, 0.717) is 69.0 Å². The number of halogens is 3. The van der Waals surface area contributed by atoms with Crippen LogP contribution in [0, 0.1) is 31.6 Å². The van der Waals surface area contributed by atoms with Gasteiger partial charge in [0.25, 0.3) is 10.1 Å². The number of carbonyl (C=O) groups is 3. The van der Waals surface area contributed by atoms with Gasteiger partial charge in [0.2, 0.25) is 0 Å². The highest BCUT2D eigenvalue weighted by Crippen LogP contribution is 2.50. The number of nitrogens with zero attached hydrogens (tertiary/aromatic N) is 10. The second-order valence-electron chi connectivity index (χ2n) is 33.8. The molecule has 14 rings (SSSR count). The first-order valence-electron chi connectivity index (χ1n) is 39.9. The van der Waals surface area contributed by atoms with E-state index in [-0.39, 0.29) is 48.6 Å². The van der Waals surface area contributed by atoms with Crippen molar-refractivity contribution in [1.29, 1.82) is 0 Å². The predicted octanol–water partition coefficient (Wildman–Crippen LogP) is 20.8. The summed E-state index contributed by atoms with van der Waals surface area (Å²) < 4.78 is 49.0. The van der Waals surface area contributed by atoms with Crippen molar-refractivity contribution >= 4 is 98.1 Å². The SMILES string of the molecule is CC(C)(C)OC(=O)N1CCC(C2c3ccc(Cl)cc3C=C(CCCOS(C)(=O)=O)c3cccnc32)CC1.Cc1cn(CCCC2=Cc3cc(Cl)ccc3C(C3CCN(C(=O)OC(C)(C)C)CC3)c3ncccc32)cn1.Cc1cncn1CCCC1=Cc2cc(Cl)ccc2C(C2CCN(C(=O)OC(C)(C)C)CC2)c2ncccc21. The van der Waals surface area contributed by atoms with E-state index >= 15 is 0 Å². The minimum absolute atomic E-state index is 0.0465. The zero-order valence-electron chi connectivity index (χ0n) is 67.4. The van der Waals surface area contributed by atoms with Gasteiger partial charge in [0.05, 0.1) is 48.3 Å². The van der Waals surface area contributed by atoms with E-state index < -0.39 is 26.9 Å². The lowest BCUT2D eigenvalue weighted by Crippen LogP contribution is -2.42. The number of aryl methyl sites for hydroxylation is 4. The van der Waals surface area contributed by atoms with Crippen LogP contribution in [0.1, 0.15) is 236 Å². The number of rotatable bonds is 16. The molecule has 3 aromatic carbocycles. The number of pyridine rings is 3. The molecular weight excluding hydrogens is 1500 g/mol. The summed E-state index contributed by atoms with van der Waals surface area (Å²) in [5, 5.41) is 2.14. The molecule has 3 saturated heterocycles. The van der Waals surface area contributed by atoms with Crippen molar-refractivity contribution in [3.05, 3.63) is 228 Å². The van der Waals surface area contributed by atoms with Crippen molar-refractivity contribution in [3.8, 4) is 0 Å². The van der Waals surface area contributed by atoms with Crippen LogP contribution < -0.4 is 0 Å². The monoisotopic (exact) mass is 1610 g/mol. The van der Waals surface area contributed by atoms with E-state index in [4.69, 9.17) is 68.1 Å². The number of hydrogen-bond donors (Lipinski definition) is 0. The normalized spacial score (nSPS) is 18.1. The zero-order chi connectivity index (χ0) is 80.5. The Labute approximate surface area is 682 Å². The van der Waals surface area contributed by atoms with Crippen LogP contribution in [0.15, 0.2) is 135 Å². The first-order chi connectivity index (χ1) is 53.8. The summed E-state index contributed by atoms with van der Waals surface area (Å²) in [6.45, 7) is 27.2. The molecule has 19 nitrogen and oxygen atoms in total. The molecule has 0 bridgehead atoms. The maximum Gasteiger partial charge on any atom is 0.410 e. The highest BCUT2D eigenvalue weighted by molar-refractivity contribution is 7.86. The maximum absolute atomic E-state index is 12.7. The molecule has 0 N–H and O–H groups in total. The number of allylic oxidation sites excluding steroid dienone is 3. The third kappa shape index (κ3) is 22.1. The Kier molecular flexibility index (Phi) is 27.0. The Morgan fingerprint density at radius 3 is 1.15 bits per heavy atom. The quantitative estimate of drug-likeness (QED) is 0.0501. The van der Waals surface area contributed by atoms with Gasteiger partial charge in [-0.1, -0.05) is 89.4 Å². The minimum atomic E-state index is -3.48. The zero-order valence-corrected chi connectivity index (χ0v) is 70.5. The summed E-state index contributed by atoms with van der Waals surface area (Å²) in [5.41, 5.74) is 18.3. The number of likely N-dealkylation sites (tertiary alicyclic amines) is 3. The van der Waals surface area contributed by atoms with Gasteiger partial charge in [-0.3, -0.25) is 19.1 Å². The van der Waals surface area contributed by atoms with E-state index in [2.05, 4.69) is 99.0 Å². The smallest absolute Gasteiger partial charge is 0.410 e. The fraction of sp³-hybridized carbons (Fsp3) is 0.467. The summed E-state index contributed by atoms with van der Waals surface area (Å²) in [7, 11) is -3.48. The number of imidazole rings is 2. The van der Waals surface area contributed by atoms with Crippen LogP contribution in [0.25, 0.3) is 34.9 Å². The topological polar surface area (TPSA) is 206 Å². The van der Waals surface area contributed by atoms with E-state index in [1.165, 1.54) is 55.8 Å². The molecule has 8 aromatic rings. The summed E-state index contributed by atoms with van der Waals surface area (Å²) in [6, 6.07) is 31.0. The lowest BCUT2D eigenvalue weighted by Gasteiger charge is -2.37. The average molecular weight is 1610 g/mol. The fourth-order valence-corrected chi connectivity index (χ4v) is 17.7. The van der Waals surface area contributed by atoms with Crippen LogP contribution in [0.5, 0.6) is 0 Å². The van der Waals surface area contributed by atoms with E-state index in [1.807, 2.05) is 159 Å². The molecule has 600 valence electrons. The number of benzene rings is 3. The molecule has 3 aliphatic heterocycles. The summed E-state index contributed by atoms with van der Waals surface area (Å²) in [5.74, 6) is 1.35. The standard InChI is InChI=1S/2C31H37ClN4O2.C28H35ClN2O5S/c1-21-19-33-20-36(21)14-6-7-23-17-24-18-25(32)9-10-26(24)28(29-27(23)8-5-13-34-29)22-11-15-35(16-12-22)30(37)38-31(2,3)4;1-21-19-35(20-34-21)14-6-7-23-17-24-18-25(32)9-10-26(24)28(29-27(23)8-5-13-33-29)22-11-15-36(16-12-22)30(37)38-31(2,3)4;1-28(2,3)36-27(32)31-14-11-19(12-15-31)25-23-10-9-22(29)18-21(23)17-20(7-6-16-35-37(4,33)34)24-8-5-13-30-26(24)25/h2*5,8-10,13,17-20,22,28H,6-7,11-12,14-16H2,1-4H3;5,8-10,13,17-19,25H,6-7,11-12,14-16H2,1-4H3. The van der Waals surface area contributed by atoms with Gasteiger partial charge in [-0.15, -0.1) is 0 Å². The van der Waals surface area contributed by atoms with Gasteiger partial charge < -0.3 is 38.0 Å². The number of hydrogen-bond acceptors (Lipinski definition) is 14. The number of aromatic nitrogens is 7. The Hall–Kier alpha value is -8.66. The molecule has 3 unspecified atom stereocenters. The van der Waals surface area contributed by atoms with Gasteiger partial charge in [0.15, 0.2) is 0 Å². The van der Waals surface area contributed by atoms with E-state index in [1.54, 1.807) is 4.90 Å². The second kappa shape index (κ2) is 36.4. The van der Waals surface area contributed by atoms with Crippen LogP contribution in [-0.4, -0.2) is 144 Å². The molecule has 0 spiro atoms. The molecular formula is C90H109Cl3N10O9S. The number of ether oxygens (including phenoxy) is 3. The van der Waals surface area contributed by atoms with Crippen molar-refractivity contribution in [3.63, 3.8) is 0 Å². The molecule has 5 aromatic heterocycles. The van der Waals surface area contributed by atoms with Gasteiger partial charge in [-0.05, 0) is 292 Å². The molecule has 0 saturated carbocycles. The number of amides is 3. The van der Waals surface area contributed by atoms with Crippen molar-refractivity contribution in [2.75, 3.05) is 52.1 Å². The molecule has 0 radical (unpaired) electrons. The van der Waals surface area contributed by atoms with Crippen LogP contribution >= 0.6 is 34.8 Å². The largest absolute Gasteiger partial charge is 0.444 e. The lowest BCUT2D eigenvalue weighted by molar-refractivity contribution is 0.0167. The summed E-state index contributed by atoms with van der Waals surface area (Å²) >= 11 is 19.4. The number of piperidine rings is 3.